The van der Waals surface area contributed by atoms with Crippen molar-refractivity contribution in [3.8, 4) is 0 Å². The molecule has 7 atom stereocenters. The molecule has 8 heteroatoms. The van der Waals surface area contributed by atoms with Crippen LogP contribution in [-0.4, -0.2) is 56.8 Å². The zero-order chi connectivity index (χ0) is 29.1. The van der Waals surface area contributed by atoms with Gasteiger partial charge in [0.1, 0.15) is 17.7 Å². The number of oxazole rings is 1. The normalized spacial score (nSPS) is 34.7. The molecule has 7 unspecified atom stereocenters. The summed E-state index contributed by atoms with van der Waals surface area (Å²) in [6, 6.07) is -0.327. The quantitative estimate of drug-likeness (QED) is 0.363. The van der Waals surface area contributed by atoms with E-state index in [-0.39, 0.29) is 41.8 Å². The van der Waals surface area contributed by atoms with E-state index >= 15 is 0 Å². The summed E-state index contributed by atoms with van der Waals surface area (Å²) >= 11 is 0. The summed E-state index contributed by atoms with van der Waals surface area (Å²) in [5.74, 6) is -0.774. The van der Waals surface area contributed by atoms with Crippen molar-refractivity contribution in [3.63, 3.8) is 0 Å². The van der Waals surface area contributed by atoms with Gasteiger partial charge in [-0.2, -0.15) is 0 Å². The molecule has 0 radical (unpaired) electrons. The van der Waals surface area contributed by atoms with Gasteiger partial charge in [-0.05, 0) is 64.5 Å². The molecule has 8 nitrogen and oxygen atoms in total. The Hall–Kier alpha value is -2.29. The number of ether oxygens (including phenoxy) is 1. The second-order valence-electron chi connectivity index (χ2n) is 12.7. The Morgan fingerprint density at radius 3 is 2.51 bits per heavy atom. The second-order valence-corrected chi connectivity index (χ2v) is 12.7. The fourth-order valence-corrected chi connectivity index (χ4v) is 5.59. The number of aliphatic hydroxyl groups excluding tert-OH is 2. The Labute approximate surface area is 233 Å². The fourth-order valence-electron chi connectivity index (χ4n) is 5.59. The Morgan fingerprint density at radius 2 is 1.90 bits per heavy atom. The molecule has 218 valence electrons. The maximum absolute atomic E-state index is 13.8. The highest BCUT2D eigenvalue weighted by atomic mass is 16.6. The number of aromatic nitrogens is 1. The highest BCUT2D eigenvalue weighted by molar-refractivity contribution is 5.88. The highest BCUT2D eigenvalue weighted by Crippen LogP contribution is 2.44. The van der Waals surface area contributed by atoms with Gasteiger partial charge >= 0.3 is 0 Å². The summed E-state index contributed by atoms with van der Waals surface area (Å²) in [6.07, 6.45) is 6.55. The number of nitrogens with one attached hydrogen (secondary N) is 1. The van der Waals surface area contributed by atoms with Gasteiger partial charge in [0.05, 0.1) is 41.8 Å². The second kappa shape index (κ2) is 12.5. The molecule has 2 fully saturated rings. The van der Waals surface area contributed by atoms with Crippen molar-refractivity contribution in [2.75, 3.05) is 0 Å². The maximum Gasteiger partial charge on any atom is 0.223 e. The van der Waals surface area contributed by atoms with Crippen LogP contribution in [0.1, 0.15) is 98.6 Å². The van der Waals surface area contributed by atoms with Crippen LogP contribution in [0.5, 0.6) is 0 Å². The van der Waals surface area contributed by atoms with Crippen LogP contribution in [0, 0.1) is 24.2 Å². The minimum atomic E-state index is -1.22. The Bertz CT molecular complexity index is 1080. The SMILES string of the molecule is CC(C)=CCC1C(=O)C(C)(C)C(O)CC(=O)NC(C(C)=Cc2coc(C)n2)CC2OC2(C)CCCC(C)C1O. The smallest absolute Gasteiger partial charge is 0.223 e. The van der Waals surface area contributed by atoms with Gasteiger partial charge in [0.15, 0.2) is 5.89 Å². The monoisotopic (exact) mass is 544 g/mol. The molecule has 1 aromatic rings. The van der Waals surface area contributed by atoms with Crippen LogP contribution in [-0.2, 0) is 14.3 Å². The minimum absolute atomic E-state index is 0.0216. The van der Waals surface area contributed by atoms with Gasteiger partial charge in [0.25, 0.3) is 0 Å². The lowest BCUT2D eigenvalue weighted by Crippen LogP contribution is -2.48. The van der Waals surface area contributed by atoms with Crippen LogP contribution in [0.2, 0.25) is 0 Å². The number of epoxide rings is 1. The lowest BCUT2D eigenvalue weighted by atomic mass is 9.71. The van der Waals surface area contributed by atoms with E-state index in [1.165, 1.54) is 0 Å². The summed E-state index contributed by atoms with van der Waals surface area (Å²) in [6.45, 7) is 15.1. The van der Waals surface area contributed by atoms with Crippen LogP contribution < -0.4 is 5.32 Å². The van der Waals surface area contributed by atoms with Crippen molar-refractivity contribution in [2.45, 2.75) is 124 Å². The van der Waals surface area contributed by atoms with E-state index in [0.717, 1.165) is 30.4 Å². The molecule has 0 spiro atoms. The summed E-state index contributed by atoms with van der Waals surface area (Å²) in [5, 5.41) is 25.5. The van der Waals surface area contributed by atoms with Gasteiger partial charge in [-0.15, -0.1) is 0 Å². The van der Waals surface area contributed by atoms with E-state index < -0.39 is 23.5 Å². The van der Waals surface area contributed by atoms with Gasteiger partial charge in [-0.25, -0.2) is 4.98 Å². The van der Waals surface area contributed by atoms with Gasteiger partial charge < -0.3 is 24.7 Å². The molecule has 0 aromatic carbocycles. The first-order valence-electron chi connectivity index (χ1n) is 14.3. The van der Waals surface area contributed by atoms with E-state index in [1.54, 1.807) is 27.0 Å². The Morgan fingerprint density at radius 1 is 1.21 bits per heavy atom. The number of amides is 1. The van der Waals surface area contributed by atoms with Crippen LogP contribution in [0.3, 0.4) is 0 Å². The van der Waals surface area contributed by atoms with E-state index in [0.29, 0.717) is 24.4 Å². The van der Waals surface area contributed by atoms with Crippen molar-refractivity contribution < 1.29 is 29.0 Å². The van der Waals surface area contributed by atoms with E-state index in [1.807, 2.05) is 39.8 Å². The predicted octanol–water partition coefficient (Wildman–Crippen LogP) is 4.92. The molecule has 3 heterocycles. The number of nitrogens with zero attached hydrogens (tertiary/aromatic N) is 1. The molecule has 2 aliphatic heterocycles. The van der Waals surface area contributed by atoms with Gasteiger partial charge in [0.2, 0.25) is 5.91 Å². The third-order valence-electron chi connectivity index (χ3n) is 8.67. The topological polar surface area (TPSA) is 125 Å². The van der Waals surface area contributed by atoms with E-state index in [2.05, 4.69) is 17.2 Å². The number of Topliss-reactive ketones (excluding diaryl/α,β-unsaturated/α-hetero) is 1. The van der Waals surface area contributed by atoms with E-state index in [9.17, 15) is 19.8 Å². The molecule has 1 amide bonds. The van der Waals surface area contributed by atoms with Crippen LogP contribution in [0.4, 0.5) is 0 Å². The third-order valence-corrected chi connectivity index (χ3v) is 8.67. The molecule has 2 saturated heterocycles. The number of fused-ring (bicyclic) bond motifs is 1. The highest BCUT2D eigenvalue weighted by Gasteiger charge is 2.52. The number of aliphatic hydroxyl groups is 2. The molecular formula is C31H48N2O6. The van der Waals surface area contributed by atoms with Crippen molar-refractivity contribution in [1.82, 2.24) is 10.3 Å². The molecule has 2 aliphatic rings. The van der Waals surface area contributed by atoms with Gasteiger partial charge in [0, 0.05) is 19.3 Å². The molecule has 1 aromatic heterocycles. The van der Waals surface area contributed by atoms with Crippen molar-refractivity contribution in [3.05, 3.63) is 35.1 Å². The molecule has 3 N–H and O–H groups in total. The maximum atomic E-state index is 13.8. The lowest BCUT2D eigenvalue weighted by molar-refractivity contribution is -0.143. The molecule has 39 heavy (non-hydrogen) atoms. The average Bonchev–Trinajstić information content (AvgIpc) is 3.29. The van der Waals surface area contributed by atoms with Crippen molar-refractivity contribution in [2.24, 2.45) is 17.3 Å². The first kappa shape index (κ1) is 31.2. The van der Waals surface area contributed by atoms with Gasteiger partial charge in [-0.3, -0.25) is 9.59 Å². The predicted molar refractivity (Wildman–Crippen MR) is 151 cm³/mol. The number of allylic oxidation sites excluding steroid dienone is 2. The number of carbonyl (C=O) groups excluding carboxylic acids is 2. The third kappa shape index (κ3) is 7.89. The summed E-state index contributed by atoms with van der Waals surface area (Å²) < 4.78 is 11.5. The molecule has 0 bridgehead atoms. The first-order chi connectivity index (χ1) is 18.1. The molecular weight excluding hydrogens is 496 g/mol. The first-order valence-corrected chi connectivity index (χ1v) is 14.3. The number of carbonyl (C=O) groups is 2. The standard InChI is InChI=1S/C31H48N2O6/c1-18(2)11-12-23-28(36)19(3)10-9-13-31(8)26(39-31)15-24(20(4)14-22-17-38-21(5)32-22)33-27(35)16-25(34)30(6,7)29(23)37/h11,14,17,19,23-26,28,34,36H,9-10,12-13,15-16H2,1-8H3,(H,33,35). The number of ketones is 1. The zero-order valence-electron chi connectivity index (χ0n) is 24.9. The fraction of sp³-hybridized carbons (Fsp3) is 0.710. The molecule has 0 saturated carbocycles. The lowest BCUT2D eigenvalue weighted by Gasteiger charge is -2.36. The van der Waals surface area contributed by atoms with Crippen LogP contribution in [0.15, 0.2) is 27.9 Å². The minimum Gasteiger partial charge on any atom is -0.449 e. The average molecular weight is 545 g/mol. The van der Waals surface area contributed by atoms with Gasteiger partial charge in [-0.1, -0.05) is 38.8 Å². The van der Waals surface area contributed by atoms with Crippen molar-refractivity contribution >= 4 is 17.8 Å². The summed E-state index contributed by atoms with van der Waals surface area (Å²) in [5.41, 5.74) is 1.12. The Kier molecular flexibility index (Phi) is 10.00. The number of rotatable bonds is 4. The zero-order valence-corrected chi connectivity index (χ0v) is 24.9. The molecule has 0 aliphatic carbocycles. The molecule has 3 rings (SSSR count). The number of aryl methyl sites for hydroxylation is 1. The Balaban J connectivity index is 1.90. The summed E-state index contributed by atoms with van der Waals surface area (Å²) in [7, 11) is 0. The number of hydrogen-bond acceptors (Lipinski definition) is 7. The van der Waals surface area contributed by atoms with Crippen LogP contribution in [0.25, 0.3) is 6.08 Å². The van der Waals surface area contributed by atoms with Crippen molar-refractivity contribution in [1.29, 1.82) is 0 Å². The van der Waals surface area contributed by atoms with Crippen LogP contribution >= 0.6 is 0 Å². The summed E-state index contributed by atoms with van der Waals surface area (Å²) in [4.78, 5) is 31.4. The van der Waals surface area contributed by atoms with E-state index in [4.69, 9.17) is 9.15 Å². The number of hydrogen-bond donors (Lipinski definition) is 3. The largest absolute Gasteiger partial charge is 0.449 e.